The molecular weight excluding hydrogens is 196 g/mol. The van der Waals surface area contributed by atoms with Crippen LogP contribution in [0.5, 0.6) is 0 Å². The standard InChI is InChI=1S/C15H24O/c1-10-4-6-12-11(2)5-7-14(13(12)8-10)15(3)9-16-15/h8,11-14H,4-7,9H2,1-3H3/t11-,12?,13?,14-,15+/m1/s1. The van der Waals surface area contributed by atoms with Crippen molar-refractivity contribution in [2.75, 3.05) is 6.61 Å². The SMILES string of the molecule is CC1=CC2C(CC1)[C@H](C)CC[C@H]2[C@]1(C)CO1. The predicted octanol–water partition coefficient (Wildman–Crippen LogP) is 3.79. The third-order valence-electron chi connectivity index (χ3n) is 5.36. The molecule has 1 heterocycles. The molecule has 1 saturated carbocycles. The van der Waals surface area contributed by atoms with Gasteiger partial charge in [0.15, 0.2) is 0 Å². The van der Waals surface area contributed by atoms with Gasteiger partial charge < -0.3 is 4.74 Å². The van der Waals surface area contributed by atoms with Gasteiger partial charge in [-0.2, -0.15) is 0 Å². The molecule has 16 heavy (non-hydrogen) atoms. The zero-order valence-electron chi connectivity index (χ0n) is 10.8. The van der Waals surface area contributed by atoms with Gasteiger partial charge in [0.2, 0.25) is 0 Å². The van der Waals surface area contributed by atoms with Crippen LogP contribution in [0.15, 0.2) is 11.6 Å². The molecule has 3 aliphatic rings. The Hall–Kier alpha value is -0.300. The molecule has 0 N–H and O–H groups in total. The highest BCUT2D eigenvalue weighted by Gasteiger charge is 2.53. The van der Waals surface area contributed by atoms with Gasteiger partial charge in [0.05, 0.1) is 12.2 Å². The van der Waals surface area contributed by atoms with Crippen LogP contribution in [0.1, 0.15) is 46.5 Å². The van der Waals surface area contributed by atoms with Crippen LogP contribution in [-0.4, -0.2) is 12.2 Å². The highest BCUT2D eigenvalue weighted by atomic mass is 16.6. The number of hydrogen-bond acceptors (Lipinski definition) is 1. The Kier molecular flexibility index (Phi) is 2.43. The van der Waals surface area contributed by atoms with Crippen LogP contribution in [0, 0.1) is 23.7 Å². The van der Waals surface area contributed by atoms with Gasteiger partial charge in [-0.3, -0.25) is 0 Å². The number of fused-ring (bicyclic) bond motifs is 1. The summed E-state index contributed by atoms with van der Waals surface area (Å²) in [6.45, 7) is 8.09. The van der Waals surface area contributed by atoms with Crippen molar-refractivity contribution in [3.63, 3.8) is 0 Å². The first-order valence-electron chi connectivity index (χ1n) is 6.91. The second-order valence-corrected chi connectivity index (χ2v) is 6.56. The van der Waals surface area contributed by atoms with Crippen molar-refractivity contribution in [1.82, 2.24) is 0 Å². The lowest BCUT2D eigenvalue weighted by molar-refractivity contribution is 0.0637. The van der Waals surface area contributed by atoms with Crippen LogP contribution in [0.25, 0.3) is 0 Å². The van der Waals surface area contributed by atoms with E-state index >= 15 is 0 Å². The average molecular weight is 220 g/mol. The fourth-order valence-corrected chi connectivity index (χ4v) is 4.09. The summed E-state index contributed by atoms with van der Waals surface area (Å²) in [7, 11) is 0. The van der Waals surface area contributed by atoms with Crippen molar-refractivity contribution in [2.45, 2.75) is 52.1 Å². The lowest BCUT2D eigenvalue weighted by Gasteiger charge is -2.45. The van der Waals surface area contributed by atoms with Crippen molar-refractivity contribution in [1.29, 1.82) is 0 Å². The van der Waals surface area contributed by atoms with Gasteiger partial charge in [-0.15, -0.1) is 0 Å². The summed E-state index contributed by atoms with van der Waals surface area (Å²) in [6, 6.07) is 0. The number of ether oxygens (including phenoxy) is 1. The minimum Gasteiger partial charge on any atom is -0.370 e. The van der Waals surface area contributed by atoms with Gasteiger partial charge in [0.1, 0.15) is 0 Å². The van der Waals surface area contributed by atoms with E-state index in [0.717, 1.165) is 30.3 Å². The summed E-state index contributed by atoms with van der Waals surface area (Å²) in [6.07, 6.45) is 8.12. The van der Waals surface area contributed by atoms with Gasteiger partial charge in [-0.25, -0.2) is 0 Å². The van der Waals surface area contributed by atoms with Crippen LogP contribution in [-0.2, 0) is 4.74 Å². The van der Waals surface area contributed by atoms with E-state index in [2.05, 4.69) is 26.8 Å². The minimum atomic E-state index is 0.233. The molecule has 90 valence electrons. The molecular formula is C15H24O. The van der Waals surface area contributed by atoms with Crippen molar-refractivity contribution >= 4 is 0 Å². The Labute approximate surface area is 99.3 Å². The van der Waals surface area contributed by atoms with Crippen molar-refractivity contribution in [3.8, 4) is 0 Å². The largest absolute Gasteiger partial charge is 0.370 e. The topological polar surface area (TPSA) is 12.5 Å². The van der Waals surface area contributed by atoms with E-state index < -0.39 is 0 Å². The third kappa shape index (κ3) is 1.64. The van der Waals surface area contributed by atoms with Gasteiger partial charge in [-0.1, -0.05) is 25.0 Å². The molecule has 5 atom stereocenters. The predicted molar refractivity (Wildman–Crippen MR) is 66.2 cm³/mol. The Morgan fingerprint density at radius 3 is 2.75 bits per heavy atom. The van der Waals surface area contributed by atoms with Crippen molar-refractivity contribution in [2.24, 2.45) is 23.7 Å². The summed E-state index contributed by atoms with van der Waals surface area (Å²) in [5.41, 5.74) is 1.85. The van der Waals surface area contributed by atoms with Gasteiger partial charge in [-0.05, 0) is 56.8 Å². The Balaban J connectivity index is 1.87. The molecule has 0 aromatic carbocycles. The van der Waals surface area contributed by atoms with Gasteiger partial charge in [0, 0.05) is 0 Å². The lowest BCUT2D eigenvalue weighted by Crippen LogP contribution is -2.40. The lowest BCUT2D eigenvalue weighted by atomic mass is 9.60. The molecule has 1 saturated heterocycles. The molecule has 1 aliphatic heterocycles. The van der Waals surface area contributed by atoms with E-state index in [1.807, 2.05) is 0 Å². The van der Waals surface area contributed by atoms with E-state index in [4.69, 9.17) is 4.74 Å². The molecule has 0 radical (unpaired) electrons. The number of epoxide rings is 1. The first-order valence-corrected chi connectivity index (χ1v) is 6.91. The molecule has 0 aromatic rings. The molecule has 2 aliphatic carbocycles. The molecule has 0 bridgehead atoms. The first kappa shape index (κ1) is 10.8. The second-order valence-electron chi connectivity index (χ2n) is 6.56. The van der Waals surface area contributed by atoms with Gasteiger partial charge in [0.25, 0.3) is 0 Å². The average Bonchev–Trinajstić information content (AvgIpc) is 2.97. The van der Waals surface area contributed by atoms with Crippen LogP contribution < -0.4 is 0 Å². The summed E-state index contributed by atoms with van der Waals surface area (Å²) < 4.78 is 5.73. The summed E-state index contributed by atoms with van der Waals surface area (Å²) in [4.78, 5) is 0. The Bertz CT molecular complexity index is 313. The minimum absolute atomic E-state index is 0.233. The smallest absolute Gasteiger partial charge is 0.0922 e. The van der Waals surface area contributed by atoms with Crippen LogP contribution >= 0.6 is 0 Å². The van der Waals surface area contributed by atoms with E-state index in [-0.39, 0.29) is 5.60 Å². The van der Waals surface area contributed by atoms with Gasteiger partial charge >= 0.3 is 0 Å². The molecule has 0 spiro atoms. The van der Waals surface area contributed by atoms with Crippen LogP contribution in [0.4, 0.5) is 0 Å². The fraction of sp³-hybridized carbons (Fsp3) is 0.867. The van der Waals surface area contributed by atoms with E-state index in [0.29, 0.717) is 0 Å². The molecule has 0 amide bonds. The third-order valence-corrected chi connectivity index (χ3v) is 5.36. The maximum atomic E-state index is 5.73. The molecule has 0 aromatic heterocycles. The molecule has 1 nitrogen and oxygen atoms in total. The molecule has 2 fully saturated rings. The second kappa shape index (κ2) is 3.60. The monoisotopic (exact) mass is 220 g/mol. The number of hydrogen-bond donors (Lipinski definition) is 0. The summed E-state index contributed by atoms with van der Waals surface area (Å²) in [5, 5.41) is 0. The Morgan fingerprint density at radius 1 is 1.31 bits per heavy atom. The summed E-state index contributed by atoms with van der Waals surface area (Å²) in [5.74, 6) is 3.46. The van der Waals surface area contributed by atoms with Crippen LogP contribution in [0.2, 0.25) is 0 Å². The fourth-order valence-electron chi connectivity index (χ4n) is 4.09. The summed E-state index contributed by atoms with van der Waals surface area (Å²) >= 11 is 0. The van der Waals surface area contributed by atoms with E-state index in [1.165, 1.54) is 25.7 Å². The van der Waals surface area contributed by atoms with Crippen molar-refractivity contribution in [3.05, 3.63) is 11.6 Å². The molecule has 2 unspecified atom stereocenters. The maximum absolute atomic E-state index is 5.73. The van der Waals surface area contributed by atoms with E-state index in [9.17, 15) is 0 Å². The highest BCUT2D eigenvalue weighted by molar-refractivity contribution is 5.14. The zero-order chi connectivity index (χ0) is 11.3. The normalized spacial score (nSPS) is 51.8. The molecule has 1 heteroatoms. The highest BCUT2D eigenvalue weighted by Crippen LogP contribution is 2.53. The molecule has 3 rings (SSSR count). The maximum Gasteiger partial charge on any atom is 0.0922 e. The van der Waals surface area contributed by atoms with E-state index in [1.54, 1.807) is 5.57 Å². The van der Waals surface area contributed by atoms with Crippen molar-refractivity contribution < 1.29 is 4.74 Å². The Morgan fingerprint density at radius 2 is 2.06 bits per heavy atom. The number of rotatable bonds is 1. The van der Waals surface area contributed by atoms with Crippen LogP contribution in [0.3, 0.4) is 0 Å². The first-order chi connectivity index (χ1) is 7.60. The quantitative estimate of drug-likeness (QED) is 0.484. The zero-order valence-corrected chi connectivity index (χ0v) is 10.8. The number of allylic oxidation sites excluding steroid dienone is 2.